The summed E-state index contributed by atoms with van der Waals surface area (Å²) in [5.74, 6) is -0.0206. The van der Waals surface area contributed by atoms with Crippen molar-refractivity contribution >= 4 is 11.6 Å². The number of hydrogen-bond acceptors (Lipinski definition) is 3. The van der Waals surface area contributed by atoms with Crippen LogP contribution in [0.5, 0.6) is 0 Å². The normalized spacial score (nSPS) is 14.9. The molecule has 3 aromatic carbocycles. The molecule has 3 aromatic rings. The minimum absolute atomic E-state index is 0.0206. The summed E-state index contributed by atoms with van der Waals surface area (Å²) in [7, 11) is 4.11. The van der Waals surface area contributed by atoms with Gasteiger partial charge in [0, 0.05) is 45.0 Å². The van der Waals surface area contributed by atoms with Crippen molar-refractivity contribution in [1.82, 2.24) is 10.2 Å². The van der Waals surface area contributed by atoms with Gasteiger partial charge in [0.15, 0.2) is 0 Å². The van der Waals surface area contributed by atoms with Crippen molar-refractivity contribution in [2.45, 2.75) is 45.2 Å². The van der Waals surface area contributed by atoms with Crippen molar-refractivity contribution in [2.24, 2.45) is 0 Å². The van der Waals surface area contributed by atoms with E-state index in [4.69, 9.17) is 0 Å². The lowest BCUT2D eigenvalue weighted by Gasteiger charge is -2.36. The second kappa shape index (κ2) is 10.0. The van der Waals surface area contributed by atoms with Crippen LogP contribution in [0, 0.1) is 0 Å². The number of nitrogens with one attached hydrogen (secondary N) is 1. The monoisotopic (exact) mass is 455 g/mol. The number of fused-ring (bicyclic) bond motifs is 1. The molecular formula is C30H37N3O. The van der Waals surface area contributed by atoms with Crippen molar-refractivity contribution in [1.29, 1.82) is 0 Å². The molecule has 1 aliphatic heterocycles. The number of benzene rings is 3. The Kier molecular flexibility index (Phi) is 7.08. The van der Waals surface area contributed by atoms with E-state index in [0.29, 0.717) is 12.1 Å². The summed E-state index contributed by atoms with van der Waals surface area (Å²) in [5, 5.41) is 3.22. The topological polar surface area (TPSA) is 35.6 Å². The van der Waals surface area contributed by atoms with Gasteiger partial charge in [-0.2, -0.15) is 0 Å². The van der Waals surface area contributed by atoms with E-state index >= 15 is 0 Å². The molecule has 0 aromatic heterocycles. The Labute approximate surface area is 204 Å². The highest BCUT2D eigenvalue weighted by Crippen LogP contribution is 2.29. The van der Waals surface area contributed by atoms with Crippen LogP contribution in [0.2, 0.25) is 0 Å². The fraction of sp³-hybridized carbons (Fsp3) is 0.367. The maximum Gasteiger partial charge on any atom is 0.251 e. The van der Waals surface area contributed by atoms with E-state index < -0.39 is 0 Å². The molecular weight excluding hydrogens is 418 g/mol. The Morgan fingerprint density at radius 3 is 2.21 bits per heavy atom. The van der Waals surface area contributed by atoms with Gasteiger partial charge in [-0.05, 0) is 58.4 Å². The molecule has 0 aliphatic carbocycles. The Balaban J connectivity index is 1.53. The number of carbonyl (C=O) groups is 1. The number of amides is 1. The number of rotatable bonds is 6. The molecule has 0 bridgehead atoms. The summed E-state index contributed by atoms with van der Waals surface area (Å²) < 4.78 is 0. The SMILES string of the molecule is CN(C)c1ccc([C@H](CNC(=O)c2ccc(C(C)(C)C)cc2)N2CCc3ccccc3C2)cc1. The highest BCUT2D eigenvalue weighted by Gasteiger charge is 2.25. The van der Waals surface area contributed by atoms with Crippen LogP contribution in [0.1, 0.15) is 59.4 Å². The smallest absolute Gasteiger partial charge is 0.251 e. The third-order valence-electron chi connectivity index (χ3n) is 6.86. The largest absolute Gasteiger partial charge is 0.378 e. The zero-order valence-electron chi connectivity index (χ0n) is 21.1. The van der Waals surface area contributed by atoms with Crippen molar-refractivity contribution < 1.29 is 4.79 Å². The molecule has 1 aliphatic rings. The summed E-state index contributed by atoms with van der Waals surface area (Å²) in [6.45, 7) is 9.00. The van der Waals surface area contributed by atoms with Gasteiger partial charge in [0.05, 0.1) is 6.04 Å². The lowest BCUT2D eigenvalue weighted by atomic mass is 9.86. The predicted octanol–water partition coefficient (Wildman–Crippen LogP) is 5.58. The molecule has 1 heterocycles. The van der Waals surface area contributed by atoms with Crippen LogP contribution in [-0.2, 0) is 18.4 Å². The molecule has 0 radical (unpaired) electrons. The Morgan fingerprint density at radius 1 is 0.941 bits per heavy atom. The Morgan fingerprint density at radius 2 is 1.59 bits per heavy atom. The van der Waals surface area contributed by atoms with E-state index in [-0.39, 0.29) is 17.4 Å². The first-order valence-corrected chi connectivity index (χ1v) is 12.2. The maximum absolute atomic E-state index is 13.0. The molecule has 0 saturated heterocycles. The van der Waals surface area contributed by atoms with E-state index in [0.717, 1.165) is 19.5 Å². The first kappa shape index (κ1) is 24.0. The molecule has 4 heteroatoms. The first-order valence-electron chi connectivity index (χ1n) is 12.2. The number of anilines is 1. The summed E-state index contributed by atoms with van der Waals surface area (Å²) in [5.41, 5.74) is 7.23. The van der Waals surface area contributed by atoms with E-state index in [1.165, 1.54) is 27.9 Å². The fourth-order valence-electron chi connectivity index (χ4n) is 4.65. The average Bonchev–Trinajstić information content (AvgIpc) is 2.84. The third kappa shape index (κ3) is 5.51. The van der Waals surface area contributed by atoms with Gasteiger partial charge in [-0.25, -0.2) is 0 Å². The Bertz CT molecular complexity index is 1110. The van der Waals surface area contributed by atoms with Gasteiger partial charge in [-0.15, -0.1) is 0 Å². The minimum Gasteiger partial charge on any atom is -0.378 e. The molecule has 0 fully saturated rings. The van der Waals surface area contributed by atoms with Crippen LogP contribution >= 0.6 is 0 Å². The first-order chi connectivity index (χ1) is 16.2. The molecule has 1 amide bonds. The zero-order chi connectivity index (χ0) is 24.3. The van der Waals surface area contributed by atoms with Gasteiger partial charge in [-0.1, -0.05) is 69.3 Å². The second-order valence-electron chi connectivity index (χ2n) is 10.5. The third-order valence-corrected chi connectivity index (χ3v) is 6.86. The van der Waals surface area contributed by atoms with Crippen LogP contribution in [0.3, 0.4) is 0 Å². The van der Waals surface area contributed by atoms with Crippen molar-refractivity contribution in [3.05, 3.63) is 101 Å². The molecule has 1 N–H and O–H groups in total. The highest BCUT2D eigenvalue weighted by atomic mass is 16.1. The highest BCUT2D eigenvalue weighted by molar-refractivity contribution is 5.94. The van der Waals surface area contributed by atoms with Gasteiger partial charge < -0.3 is 10.2 Å². The van der Waals surface area contributed by atoms with Crippen LogP contribution in [0.4, 0.5) is 5.69 Å². The standard InChI is InChI=1S/C30H37N3O/c1-30(2,3)26-14-10-24(11-15-26)29(34)31-20-28(23-12-16-27(17-13-23)32(4)5)33-19-18-22-8-6-7-9-25(22)21-33/h6-17,28H,18-21H2,1-5H3,(H,31,34)/t28-/m0/s1. The minimum atomic E-state index is -0.0206. The second-order valence-corrected chi connectivity index (χ2v) is 10.5. The van der Waals surface area contributed by atoms with Crippen LogP contribution in [-0.4, -0.2) is 38.0 Å². The fourth-order valence-corrected chi connectivity index (χ4v) is 4.65. The van der Waals surface area contributed by atoms with E-state index in [9.17, 15) is 4.79 Å². The number of nitrogens with zero attached hydrogens (tertiary/aromatic N) is 2. The molecule has 0 unspecified atom stereocenters. The molecule has 4 nitrogen and oxygen atoms in total. The number of hydrogen-bond donors (Lipinski definition) is 1. The zero-order valence-corrected chi connectivity index (χ0v) is 21.1. The van der Waals surface area contributed by atoms with Gasteiger partial charge in [0.25, 0.3) is 5.91 Å². The molecule has 34 heavy (non-hydrogen) atoms. The van der Waals surface area contributed by atoms with Gasteiger partial charge in [0.1, 0.15) is 0 Å². The van der Waals surface area contributed by atoms with Crippen LogP contribution in [0.15, 0.2) is 72.8 Å². The summed E-state index contributed by atoms with van der Waals surface area (Å²) in [4.78, 5) is 17.6. The maximum atomic E-state index is 13.0. The van der Waals surface area contributed by atoms with E-state index in [1.807, 2.05) is 12.1 Å². The average molecular weight is 456 g/mol. The van der Waals surface area contributed by atoms with Gasteiger partial charge >= 0.3 is 0 Å². The molecule has 178 valence electrons. The van der Waals surface area contributed by atoms with Crippen molar-refractivity contribution in [2.75, 3.05) is 32.1 Å². The lowest BCUT2D eigenvalue weighted by molar-refractivity contribution is 0.0927. The molecule has 0 saturated carbocycles. The van der Waals surface area contributed by atoms with Gasteiger partial charge in [0.2, 0.25) is 0 Å². The number of carbonyl (C=O) groups excluding carboxylic acids is 1. The van der Waals surface area contributed by atoms with Crippen LogP contribution < -0.4 is 10.2 Å². The molecule has 1 atom stereocenters. The quantitative estimate of drug-likeness (QED) is 0.527. The van der Waals surface area contributed by atoms with Crippen molar-refractivity contribution in [3.8, 4) is 0 Å². The predicted molar refractivity (Wildman–Crippen MR) is 142 cm³/mol. The summed E-state index contributed by atoms with van der Waals surface area (Å²) in [6, 6.07) is 25.5. The Hall–Kier alpha value is -3.11. The van der Waals surface area contributed by atoms with E-state index in [2.05, 4.69) is 111 Å². The van der Waals surface area contributed by atoms with Crippen molar-refractivity contribution in [3.63, 3.8) is 0 Å². The van der Waals surface area contributed by atoms with Gasteiger partial charge in [-0.3, -0.25) is 9.69 Å². The summed E-state index contributed by atoms with van der Waals surface area (Å²) in [6.07, 6.45) is 1.03. The van der Waals surface area contributed by atoms with Crippen LogP contribution in [0.25, 0.3) is 0 Å². The molecule has 4 rings (SSSR count). The molecule has 0 spiro atoms. The van der Waals surface area contributed by atoms with E-state index in [1.54, 1.807) is 0 Å². The lowest BCUT2D eigenvalue weighted by Crippen LogP contribution is -2.40. The summed E-state index contributed by atoms with van der Waals surface area (Å²) >= 11 is 0.